The van der Waals surface area contributed by atoms with Crippen LogP contribution >= 0.6 is 0 Å². The molecule has 0 aliphatic carbocycles. The molecule has 3 aromatic rings. The first-order valence-electron chi connectivity index (χ1n) is 6.37. The van der Waals surface area contributed by atoms with Crippen LogP contribution in [0, 0.1) is 0 Å². The first-order valence-corrected chi connectivity index (χ1v) is 6.37. The van der Waals surface area contributed by atoms with Crippen LogP contribution in [0.15, 0.2) is 85.5 Å². The van der Waals surface area contributed by atoms with Gasteiger partial charge in [0.15, 0.2) is 0 Å². The molecular formula is C17H16N2O. The van der Waals surface area contributed by atoms with Gasteiger partial charge in [-0.15, -0.1) is 0 Å². The van der Waals surface area contributed by atoms with Gasteiger partial charge in [0, 0.05) is 18.6 Å². The van der Waals surface area contributed by atoms with E-state index >= 15 is 0 Å². The molecule has 2 heterocycles. The Kier molecular flexibility index (Phi) is 5.79. The highest BCUT2D eigenvalue weighted by molar-refractivity contribution is 5.18. The summed E-state index contributed by atoms with van der Waals surface area (Å²) in [5.41, 5.74) is 1.16. The highest BCUT2D eigenvalue weighted by Crippen LogP contribution is 2.09. The van der Waals surface area contributed by atoms with E-state index in [9.17, 15) is 0 Å². The van der Waals surface area contributed by atoms with Crippen LogP contribution < -0.4 is 4.74 Å². The van der Waals surface area contributed by atoms with Crippen molar-refractivity contribution in [2.75, 3.05) is 0 Å². The number of nitrogens with zero attached hydrogens (tertiary/aromatic N) is 2. The molecule has 2 aromatic heterocycles. The van der Waals surface area contributed by atoms with Gasteiger partial charge in [0.05, 0.1) is 6.20 Å². The fraction of sp³-hybridized carbons (Fsp3) is 0.0588. The van der Waals surface area contributed by atoms with Gasteiger partial charge in [-0.05, 0) is 29.8 Å². The fourth-order valence-corrected chi connectivity index (χ4v) is 1.49. The Morgan fingerprint density at radius 3 is 1.95 bits per heavy atom. The zero-order chi connectivity index (χ0) is 13.9. The van der Waals surface area contributed by atoms with Gasteiger partial charge >= 0.3 is 0 Å². The zero-order valence-corrected chi connectivity index (χ0v) is 11.1. The zero-order valence-electron chi connectivity index (χ0n) is 11.1. The van der Waals surface area contributed by atoms with Crippen molar-refractivity contribution in [1.29, 1.82) is 0 Å². The van der Waals surface area contributed by atoms with Crippen molar-refractivity contribution >= 4 is 0 Å². The van der Waals surface area contributed by atoms with E-state index in [-0.39, 0.29) is 0 Å². The van der Waals surface area contributed by atoms with Crippen molar-refractivity contribution in [2.45, 2.75) is 6.61 Å². The molecular weight excluding hydrogens is 248 g/mol. The minimum atomic E-state index is 0.590. The van der Waals surface area contributed by atoms with E-state index in [2.05, 4.69) is 9.97 Å². The molecule has 0 radical (unpaired) electrons. The molecule has 0 fully saturated rings. The van der Waals surface area contributed by atoms with Gasteiger partial charge in [0.25, 0.3) is 0 Å². The summed E-state index contributed by atoms with van der Waals surface area (Å²) >= 11 is 0. The van der Waals surface area contributed by atoms with Crippen LogP contribution in [0.3, 0.4) is 0 Å². The number of hydrogen-bond donors (Lipinski definition) is 0. The Hall–Kier alpha value is -2.68. The topological polar surface area (TPSA) is 35.0 Å². The van der Waals surface area contributed by atoms with Crippen LogP contribution in [0.4, 0.5) is 0 Å². The van der Waals surface area contributed by atoms with E-state index in [0.29, 0.717) is 6.61 Å². The minimum Gasteiger partial charge on any atom is -0.487 e. The summed E-state index contributed by atoms with van der Waals surface area (Å²) in [6, 6.07) is 19.5. The first kappa shape index (κ1) is 13.7. The molecule has 20 heavy (non-hydrogen) atoms. The normalized spacial score (nSPS) is 9.20. The third kappa shape index (κ3) is 5.31. The first-order chi connectivity index (χ1) is 9.95. The lowest BCUT2D eigenvalue weighted by Gasteiger charge is -2.04. The van der Waals surface area contributed by atoms with Crippen LogP contribution in [-0.2, 0) is 6.61 Å². The Labute approximate surface area is 118 Å². The predicted octanol–water partition coefficient (Wildman–Crippen LogP) is 3.74. The standard InChI is InChI=1S/C12H11NO.C5H5N/c1-2-5-11(6-3-1)10-14-12-7-4-8-13-9-12;1-2-4-6-5-3-1/h1-9H,10H2;1-5H. The lowest BCUT2D eigenvalue weighted by atomic mass is 10.2. The Bertz CT molecular complexity index is 504. The molecule has 1 aromatic carbocycles. The number of benzene rings is 1. The number of ether oxygens (including phenoxy) is 1. The van der Waals surface area contributed by atoms with Gasteiger partial charge in [0.2, 0.25) is 0 Å². The lowest BCUT2D eigenvalue weighted by molar-refractivity contribution is 0.305. The smallest absolute Gasteiger partial charge is 0.138 e. The largest absolute Gasteiger partial charge is 0.487 e. The van der Waals surface area contributed by atoms with Crippen molar-refractivity contribution in [3.05, 3.63) is 91.0 Å². The van der Waals surface area contributed by atoms with E-state index < -0.39 is 0 Å². The van der Waals surface area contributed by atoms with Gasteiger partial charge in [-0.3, -0.25) is 9.97 Å². The Balaban J connectivity index is 0.000000205. The average molecular weight is 264 g/mol. The summed E-state index contributed by atoms with van der Waals surface area (Å²) in [4.78, 5) is 7.76. The highest BCUT2D eigenvalue weighted by Gasteiger charge is 1.93. The molecule has 100 valence electrons. The number of rotatable bonds is 3. The number of hydrogen-bond acceptors (Lipinski definition) is 3. The summed E-state index contributed by atoms with van der Waals surface area (Å²) in [6.45, 7) is 0.590. The van der Waals surface area contributed by atoms with E-state index in [0.717, 1.165) is 11.3 Å². The minimum absolute atomic E-state index is 0.590. The van der Waals surface area contributed by atoms with Gasteiger partial charge in [0.1, 0.15) is 12.4 Å². The summed E-state index contributed by atoms with van der Waals surface area (Å²) in [6.07, 6.45) is 6.94. The molecule has 0 aliphatic heterocycles. The molecule has 3 nitrogen and oxygen atoms in total. The monoisotopic (exact) mass is 264 g/mol. The van der Waals surface area contributed by atoms with E-state index in [1.165, 1.54) is 0 Å². The van der Waals surface area contributed by atoms with Crippen molar-refractivity contribution in [1.82, 2.24) is 9.97 Å². The van der Waals surface area contributed by atoms with Crippen LogP contribution in [0.25, 0.3) is 0 Å². The molecule has 3 heteroatoms. The third-order valence-electron chi connectivity index (χ3n) is 2.45. The van der Waals surface area contributed by atoms with E-state index in [4.69, 9.17) is 4.74 Å². The molecule has 3 rings (SSSR count). The molecule has 0 N–H and O–H groups in total. The Morgan fingerprint density at radius 1 is 0.700 bits per heavy atom. The molecule has 0 unspecified atom stereocenters. The number of aromatic nitrogens is 2. The van der Waals surface area contributed by atoms with Crippen LogP contribution in [0.1, 0.15) is 5.56 Å². The molecule has 0 bridgehead atoms. The van der Waals surface area contributed by atoms with Gasteiger partial charge in [-0.1, -0.05) is 36.4 Å². The highest BCUT2D eigenvalue weighted by atomic mass is 16.5. The molecule has 0 saturated carbocycles. The maximum atomic E-state index is 5.53. The Morgan fingerprint density at radius 2 is 1.40 bits per heavy atom. The second kappa shape index (κ2) is 8.43. The summed E-state index contributed by atoms with van der Waals surface area (Å²) in [5.74, 6) is 0.802. The fourth-order valence-electron chi connectivity index (χ4n) is 1.49. The SMILES string of the molecule is c1ccc(COc2cccnc2)cc1.c1ccncc1. The second-order valence-electron chi connectivity index (χ2n) is 3.99. The van der Waals surface area contributed by atoms with Crippen molar-refractivity contribution < 1.29 is 4.74 Å². The molecule has 0 atom stereocenters. The lowest BCUT2D eigenvalue weighted by Crippen LogP contribution is -1.94. The average Bonchev–Trinajstić information content (AvgIpc) is 2.57. The summed E-state index contributed by atoms with van der Waals surface area (Å²) < 4.78 is 5.53. The van der Waals surface area contributed by atoms with Crippen LogP contribution in [0.2, 0.25) is 0 Å². The molecule has 0 aliphatic rings. The number of pyridine rings is 2. The second-order valence-corrected chi connectivity index (χ2v) is 3.99. The van der Waals surface area contributed by atoms with Gasteiger partial charge < -0.3 is 4.74 Å². The maximum absolute atomic E-state index is 5.53. The van der Waals surface area contributed by atoms with Crippen molar-refractivity contribution in [2.24, 2.45) is 0 Å². The van der Waals surface area contributed by atoms with E-state index in [1.54, 1.807) is 24.8 Å². The van der Waals surface area contributed by atoms with Crippen LogP contribution in [0.5, 0.6) is 5.75 Å². The quantitative estimate of drug-likeness (QED) is 0.722. The van der Waals surface area contributed by atoms with Crippen LogP contribution in [-0.4, -0.2) is 9.97 Å². The summed E-state index contributed by atoms with van der Waals surface area (Å²) in [7, 11) is 0. The molecule has 0 saturated heterocycles. The third-order valence-corrected chi connectivity index (χ3v) is 2.45. The summed E-state index contributed by atoms with van der Waals surface area (Å²) in [5, 5.41) is 0. The molecule has 0 spiro atoms. The van der Waals surface area contributed by atoms with Crippen molar-refractivity contribution in [3.63, 3.8) is 0 Å². The van der Waals surface area contributed by atoms with Gasteiger partial charge in [-0.2, -0.15) is 0 Å². The molecule has 0 amide bonds. The maximum Gasteiger partial charge on any atom is 0.138 e. The van der Waals surface area contributed by atoms with E-state index in [1.807, 2.05) is 60.7 Å². The van der Waals surface area contributed by atoms with Gasteiger partial charge in [-0.25, -0.2) is 0 Å². The van der Waals surface area contributed by atoms with Crippen molar-refractivity contribution in [3.8, 4) is 5.75 Å². The predicted molar refractivity (Wildman–Crippen MR) is 79.2 cm³/mol.